The fraction of sp³-hybridized carbons (Fsp3) is 0.538. The molecule has 2 atom stereocenters. The van der Waals surface area contributed by atoms with Gasteiger partial charge in [0.2, 0.25) is 0 Å². The molecule has 0 fully saturated rings. The van der Waals surface area contributed by atoms with Gasteiger partial charge in [0.1, 0.15) is 0 Å². The number of ether oxygens (including phenoxy) is 1. The van der Waals surface area contributed by atoms with Crippen molar-refractivity contribution >= 4 is 11.6 Å². The van der Waals surface area contributed by atoms with Crippen LogP contribution in [0.4, 0.5) is 0 Å². The van der Waals surface area contributed by atoms with Gasteiger partial charge >= 0.3 is 0 Å². The summed E-state index contributed by atoms with van der Waals surface area (Å²) < 4.78 is 5.10. The van der Waals surface area contributed by atoms with Gasteiger partial charge in [0.25, 0.3) is 0 Å². The number of hydrogen-bond acceptors (Lipinski definition) is 2. The van der Waals surface area contributed by atoms with Gasteiger partial charge < -0.3 is 10.5 Å². The minimum atomic E-state index is 0.355. The smallest absolute Gasteiger partial charge is 0.0465 e. The molecule has 2 nitrogen and oxygen atoms in total. The highest BCUT2D eigenvalue weighted by atomic mass is 35.5. The lowest BCUT2D eigenvalue weighted by Gasteiger charge is -2.23. The Kier molecular flexibility index (Phi) is 5.81. The molecular formula is C13H20ClNO. The van der Waals surface area contributed by atoms with E-state index in [2.05, 4.69) is 13.0 Å². The molecular weight excluding hydrogens is 222 g/mol. The van der Waals surface area contributed by atoms with Crippen LogP contribution in [0.2, 0.25) is 5.02 Å². The van der Waals surface area contributed by atoms with Crippen LogP contribution in [0.3, 0.4) is 0 Å². The summed E-state index contributed by atoms with van der Waals surface area (Å²) in [5, 5.41) is 0.773. The van der Waals surface area contributed by atoms with Crippen molar-refractivity contribution in [2.45, 2.75) is 19.3 Å². The van der Waals surface area contributed by atoms with E-state index in [9.17, 15) is 0 Å². The fourth-order valence-electron chi connectivity index (χ4n) is 1.94. The molecule has 1 aromatic rings. The molecule has 0 aliphatic rings. The Labute approximate surface area is 103 Å². The van der Waals surface area contributed by atoms with E-state index in [0.717, 1.165) is 18.1 Å². The Morgan fingerprint density at radius 2 is 2.19 bits per heavy atom. The largest absolute Gasteiger partial charge is 0.385 e. The molecule has 0 bridgehead atoms. The van der Waals surface area contributed by atoms with Crippen molar-refractivity contribution in [3.63, 3.8) is 0 Å². The Morgan fingerprint density at radius 3 is 2.75 bits per heavy atom. The first-order valence-corrected chi connectivity index (χ1v) is 6.01. The molecule has 0 saturated heterocycles. The summed E-state index contributed by atoms with van der Waals surface area (Å²) in [4.78, 5) is 0. The maximum absolute atomic E-state index is 5.99. The van der Waals surface area contributed by atoms with Crippen LogP contribution in [0.5, 0.6) is 0 Å². The number of benzene rings is 1. The summed E-state index contributed by atoms with van der Waals surface area (Å²) in [5.74, 6) is 0.859. The van der Waals surface area contributed by atoms with Crippen LogP contribution in [-0.4, -0.2) is 20.3 Å². The third-order valence-corrected chi connectivity index (χ3v) is 3.23. The maximum atomic E-state index is 5.99. The van der Waals surface area contributed by atoms with E-state index in [0.29, 0.717) is 18.4 Å². The lowest BCUT2D eigenvalue weighted by molar-refractivity contribution is 0.174. The second-order valence-electron chi connectivity index (χ2n) is 4.16. The summed E-state index contributed by atoms with van der Waals surface area (Å²) in [6.45, 7) is 3.63. The summed E-state index contributed by atoms with van der Waals surface area (Å²) in [6.07, 6.45) is 1.02. The molecule has 0 amide bonds. The topological polar surface area (TPSA) is 35.2 Å². The van der Waals surface area contributed by atoms with Gasteiger partial charge in [-0.1, -0.05) is 30.7 Å². The van der Waals surface area contributed by atoms with Gasteiger partial charge in [-0.15, -0.1) is 0 Å². The number of halogens is 1. The lowest BCUT2D eigenvalue weighted by atomic mass is 9.85. The molecule has 90 valence electrons. The third-order valence-electron chi connectivity index (χ3n) is 2.99. The van der Waals surface area contributed by atoms with Crippen molar-refractivity contribution in [1.29, 1.82) is 0 Å². The molecule has 2 N–H and O–H groups in total. The minimum absolute atomic E-state index is 0.355. The van der Waals surface area contributed by atoms with Gasteiger partial charge in [-0.25, -0.2) is 0 Å². The first-order chi connectivity index (χ1) is 7.69. The fourth-order valence-corrected chi connectivity index (χ4v) is 2.14. The predicted octanol–water partition coefficient (Wildman–Crippen LogP) is 3.05. The average Bonchev–Trinajstić information content (AvgIpc) is 2.27. The summed E-state index contributed by atoms with van der Waals surface area (Å²) in [5.41, 5.74) is 7.06. The monoisotopic (exact) mass is 241 g/mol. The van der Waals surface area contributed by atoms with E-state index in [-0.39, 0.29) is 0 Å². The van der Waals surface area contributed by atoms with Crippen molar-refractivity contribution in [2.75, 3.05) is 20.3 Å². The second kappa shape index (κ2) is 6.89. The molecule has 0 spiro atoms. The van der Waals surface area contributed by atoms with Crippen LogP contribution in [0.1, 0.15) is 24.8 Å². The molecule has 1 aromatic carbocycles. The van der Waals surface area contributed by atoms with Gasteiger partial charge in [-0.3, -0.25) is 0 Å². The van der Waals surface area contributed by atoms with Crippen molar-refractivity contribution < 1.29 is 4.74 Å². The van der Waals surface area contributed by atoms with E-state index >= 15 is 0 Å². The van der Waals surface area contributed by atoms with Crippen LogP contribution in [0.15, 0.2) is 24.3 Å². The van der Waals surface area contributed by atoms with Crippen LogP contribution < -0.4 is 5.73 Å². The zero-order chi connectivity index (χ0) is 12.0. The molecule has 0 aliphatic carbocycles. The molecule has 16 heavy (non-hydrogen) atoms. The van der Waals surface area contributed by atoms with Crippen LogP contribution >= 0.6 is 11.6 Å². The van der Waals surface area contributed by atoms with Crippen LogP contribution in [0, 0.1) is 5.92 Å². The van der Waals surface area contributed by atoms with Crippen molar-refractivity contribution in [1.82, 2.24) is 0 Å². The van der Waals surface area contributed by atoms with E-state index in [1.54, 1.807) is 7.11 Å². The molecule has 3 heteroatoms. The Bertz CT molecular complexity index is 317. The van der Waals surface area contributed by atoms with Gasteiger partial charge in [-0.05, 0) is 42.5 Å². The maximum Gasteiger partial charge on any atom is 0.0465 e. The molecule has 1 rings (SSSR count). The molecule has 0 aromatic heterocycles. The minimum Gasteiger partial charge on any atom is -0.385 e. The number of methoxy groups -OCH3 is 1. The first kappa shape index (κ1) is 13.5. The summed E-state index contributed by atoms with van der Waals surface area (Å²) >= 11 is 5.99. The molecule has 0 radical (unpaired) electrons. The van der Waals surface area contributed by atoms with E-state index < -0.39 is 0 Å². The van der Waals surface area contributed by atoms with Gasteiger partial charge in [0.05, 0.1) is 0 Å². The highest BCUT2D eigenvalue weighted by Gasteiger charge is 2.17. The summed E-state index contributed by atoms with van der Waals surface area (Å²) in [7, 11) is 1.73. The normalized spacial score (nSPS) is 14.8. The number of hydrogen-bond donors (Lipinski definition) is 1. The molecule has 0 heterocycles. The number of rotatable bonds is 6. The van der Waals surface area contributed by atoms with Gasteiger partial charge in [-0.2, -0.15) is 0 Å². The van der Waals surface area contributed by atoms with Gasteiger partial charge in [0, 0.05) is 18.7 Å². The van der Waals surface area contributed by atoms with Crippen LogP contribution in [-0.2, 0) is 4.74 Å². The highest BCUT2D eigenvalue weighted by Crippen LogP contribution is 2.27. The third kappa shape index (κ3) is 3.78. The Morgan fingerprint density at radius 1 is 1.44 bits per heavy atom. The Balaban J connectivity index is 2.73. The first-order valence-electron chi connectivity index (χ1n) is 5.63. The van der Waals surface area contributed by atoms with Crippen molar-refractivity contribution in [2.24, 2.45) is 11.7 Å². The molecule has 0 saturated carbocycles. The number of nitrogens with two attached hydrogens (primary N) is 1. The molecule has 2 unspecified atom stereocenters. The zero-order valence-corrected chi connectivity index (χ0v) is 10.7. The van der Waals surface area contributed by atoms with Gasteiger partial charge in [0.15, 0.2) is 0 Å². The van der Waals surface area contributed by atoms with E-state index in [1.807, 2.05) is 18.2 Å². The van der Waals surface area contributed by atoms with E-state index in [4.69, 9.17) is 22.1 Å². The van der Waals surface area contributed by atoms with Crippen molar-refractivity contribution in [3.05, 3.63) is 34.9 Å². The second-order valence-corrected chi connectivity index (χ2v) is 4.59. The van der Waals surface area contributed by atoms with Crippen molar-refractivity contribution in [3.8, 4) is 0 Å². The average molecular weight is 242 g/mol. The van der Waals surface area contributed by atoms with E-state index in [1.165, 1.54) is 5.56 Å². The quantitative estimate of drug-likeness (QED) is 0.831. The SMILES string of the molecule is COCCC(C)C(CN)c1cccc(Cl)c1. The Hall–Kier alpha value is -0.570. The molecule has 0 aliphatic heterocycles. The summed E-state index contributed by atoms with van der Waals surface area (Å²) in [6, 6.07) is 7.96. The lowest BCUT2D eigenvalue weighted by Crippen LogP contribution is -2.20. The zero-order valence-electron chi connectivity index (χ0n) is 9.95. The highest BCUT2D eigenvalue weighted by molar-refractivity contribution is 6.30. The predicted molar refractivity (Wildman–Crippen MR) is 68.9 cm³/mol. The standard InChI is InChI=1S/C13H20ClNO/c1-10(6-7-16-2)13(9-15)11-4-3-5-12(14)8-11/h3-5,8,10,13H,6-7,9,15H2,1-2H3. The van der Waals surface area contributed by atoms with Crippen LogP contribution in [0.25, 0.3) is 0 Å².